The van der Waals surface area contributed by atoms with Gasteiger partial charge in [0.1, 0.15) is 11.5 Å². The van der Waals surface area contributed by atoms with Crippen LogP contribution in [0.3, 0.4) is 0 Å². The molecule has 0 fully saturated rings. The number of furan rings is 1. The van der Waals surface area contributed by atoms with Crippen LogP contribution in [-0.4, -0.2) is 43.9 Å². The Bertz CT molecular complexity index is 622. The number of hydrogen-bond acceptors (Lipinski definition) is 6. The number of nitrogens with one attached hydrogen (secondary N) is 2. The van der Waals surface area contributed by atoms with E-state index < -0.39 is 0 Å². The van der Waals surface area contributed by atoms with Crippen LogP contribution in [0.15, 0.2) is 40.8 Å². The normalized spacial score (nSPS) is 10.8. The Morgan fingerprint density at radius 3 is 2.54 bits per heavy atom. The summed E-state index contributed by atoms with van der Waals surface area (Å²) >= 11 is 0. The average Bonchev–Trinajstić information content (AvgIpc) is 3.07. The Labute approximate surface area is 141 Å². The fourth-order valence-electron chi connectivity index (χ4n) is 2.21. The van der Waals surface area contributed by atoms with Gasteiger partial charge in [-0.05, 0) is 31.2 Å². The Morgan fingerprint density at radius 2 is 1.83 bits per heavy atom. The summed E-state index contributed by atoms with van der Waals surface area (Å²) in [5.41, 5.74) is 1.45. The molecule has 0 bridgehead atoms. The molecule has 3 N–H and O–H groups in total. The van der Waals surface area contributed by atoms with Gasteiger partial charge >= 0.3 is 5.97 Å². The zero-order valence-corrected chi connectivity index (χ0v) is 13.9. The van der Waals surface area contributed by atoms with Crippen molar-refractivity contribution in [2.24, 2.45) is 0 Å². The van der Waals surface area contributed by atoms with Gasteiger partial charge in [-0.3, -0.25) is 0 Å². The first-order valence-corrected chi connectivity index (χ1v) is 8.13. The van der Waals surface area contributed by atoms with E-state index in [2.05, 4.69) is 10.6 Å². The van der Waals surface area contributed by atoms with Crippen molar-refractivity contribution >= 4 is 5.97 Å². The minimum Gasteiger partial charge on any atom is -0.462 e. The number of rotatable bonds is 10. The van der Waals surface area contributed by atoms with Crippen LogP contribution in [-0.2, 0) is 11.3 Å². The molecule has 24 heavy (non-hydrogen) atoms. The Hall–Kier alpha value is -2.15. The van der Waals surface area contributed by atoms with Crippen LogP contribution in [0.25, 0.3) is 11.3 Å². The number of benzene rings is 1. The maximum Gasteiger partial charge on any atom is 0.338 e. The first kappa shape index (κ1) is 18.2. The fourth-order valence-corrected chi connectivity index (χ4v) is 2.21. The number of aliphatic hydroxyl groups excluding tert-OH is 1. The lowest BCUT2D eigenvalue weighted by molar-refractivity contribution is 0.0526. The second kappa shape index (κ2) is 9.87. The quantitative estimate of drug-likeness (QED) is 0.454. The van der Waals surface area contributed by atoms with E-state index in [1.165, 1.54) is 0 Å². The van der Waals surface area contributed by atoms with Crippen LogP contribution in [0.2, 0.25) is 0 Å². The van der Waals surface area contributed by atoms with Crippen LogP contribution in [0.1, 0.15) is 23.0 Å². The molecule has 6 heteroatoms. The highest BCUT2D eigenvalue weighted by atomic mass is 16.5. The van der Waals surface area contributed by atoms with E-state index in [0.717, 1.165) is 30.2 Å². The van der Waals surface area contributed by atoms with Crippen LogP contribution >= 0.6 is 0 Å². The third kappa shape index (κ3) is 5.49. The molecule has 0 saturated carbocycles. The number of ether oxygens (including phenoxy) is 1. The number of esters is 1. The zero-order chi connectivity index (χ0) is 17.2. The standard InChI is InChI=1S/C18H24N2O4/c1-2-23-18(22)15-5-3-14(4-6-15)17-8-7-16(24-17)13-20-10-9-19-11-12-21/h3-8,19-21H,2,9-13H2,1H3. The van der Waals surface area contributed by atoms with E-state index in [4.69, 9.17) is 14.3 Å². The second-order valence-corrected chi connectivity index (χ2v) is 5.21. The minimum absolute atomic E-state index is 0.149. The third-order valence-corrected chi connectivity index (χ3v) is 3.41. The highest BCUT2D eigenvalue weighted by Crippen LogP contribution is 2.22. The van der Waals surface area contributed by atoms with Crippen molar-refractivity contribution in [3.05, 3.63) is 47.7 Å². The molecule has 0 saturated heterocycles. The summed E-state index contributed by atoms with van der Waals surface area (Å²) < 4.78 is 10.8. The van der Waals surface area contributed by atoms with Gasteiger partial charge in [0.15, 0.2) is 0 Å². The van der Waals surface area contributed by atoms with E-state index in [9.17, 15) is 4.79 Å². The highest BCUT2D eigenvalue weighted by Gasteiger charge is 2.08. The summed E-state index contributed by atoms with van der Waals surface area (Å²) in [6.45, 7) is 5.14. The van der Waals surface area contributed by atoms with Crippen molar-refractivity contribution in [3.63, 3.8) is 0 Å². The van der Waals surface area contributed by atoms with Gasteiger partial charge < -0.3 is 24.9 Å². The van der Waals surface area contributed by atoms with Crippen LogP contribution in [0.5, 0.6) is 0 Å². The summed E-state index contributed by atoms with van der Waals surface area (Å²) in [7, 11) is 0. The van der Waals surface area contributed by atoms with Gasteiger partial charge in [-0.25, -0.2) is 4.79 Å². The molecule has 2 rings (SSSR count). The molecular weight excluding hydrogens is 308 g/mol. The summed E-state index contributed by atoms with van der Waals surface area (Å²) in [5, 5.41) is 15.0. The molecular formula is C18H24N2O4. The van der Waals surface area contributed by atoms with E-state index in [1.54, 1.807) is 19.1 Å². The molecule has 0 radical (unpaired) electrons. The smallest absolute Gasteiger partial charge is 0.338 e. The van der Waals surface area contributed by atoms with Crippen molar-refractivity contribution < 1.29 is 19.1 Å². The lowest BCUT2D eigenvalue weighted by Gasteiger charge is -2.04. The Balaban J connectivity index is 1.85. The molecule has 6 nitrogen and oxygen atoms in total. The molecule has 1 aromatic heterocycles. The van der Waals surface area contributed by atoms with Gasteiger partial charge in [0, 0.05) is 25.2 Å². The predicted octanol–water partition coefficient (Wildman–Crippen LogP) is 1.79. The van der Waals surface area contributed by atoms with Crippen LogP contribution in [0, 0.1) is 0 Å². The molecule has 1 heterocycles. The van der Waals surface area contributed by atoms with Crippen molar-refractivity contribution in [1.82, 2.24) is 10.6 Å². The van der Waals surface area contributed by atoms with Gasteiger partial charge in [0.05, 0.1) is 25.3 Å². The molecule has 0 spiro atoms. The van der Waals surface area contributed by atoms with Crippen molar-refractivity contribution in [2.75, 3.05) is 32.8 Å². The summed E-state index contributed by atoms with van der Waals surface area (Å²) in [6.07, 6.45) is 0. The van der Waals surface area contributed by atoms with Crippen molar-refractivity contribution in [1.29, 1.82) is 0 Å². The lowest BCUT2D eigenvalue weighted by atomic mass is 10.1. The zero-order valence-electron chi connectivity index (χ0n) is 13.9. The topological polar surface area (TPSA) is 83.7 Å². The van der Waals surface area contributed by atoms with Crippen molar-refractivity contribution in [2.45, 2.75) is 13.5 Å². The summed E-state index contributed by atoms with van der Waals surface area (Å²) in [4.78, 5) is 11.6. The van der Waals surface area contributed by atoms with E-state index in [0.29, 0.717) is 25.3 Å². The third-order valence-electron chi connectivity index (χ3n) is 3.41. The maximum absolute atomic E-state index is 11.6. The molecule has 2 aromatic rings. The fraction of sp³-hybridized carbons (Fsp3) is 0.389. The lowest BCUT2D eigenvalue weighted by Crippen LogP contribution is -2.28. The number of hydrogen-bond donors (Lipinski definition) is 3. The highest BCUT2D eigenvalue weighted by molar-refractivity contribution is 5.89. The summed E-state index contributed by atoms with van der Waals surface area (Å²) in [6, 6.07) is 11.0. The molecule has 0 aliphatic carbocycles. The van der Waals surface area contributed by atoms with Crippen LogP contribution < -0.4 is 10.6 Å². The van der Waals surface area contributed by atoms with Gasteiger partial charge in [-0.2, -0.15) is 0 Å². The Kier molecular flexibility index (Phi) is 7.48. The summed E-state index contributed by atoms with van der Waals surface area (Å²) in [5.74, 6) is 1.30. The molecule has 130 valence electrons. The predicted molar refractivity (Wildman–Crippen MR) is 91.8 cm³/mol. The molecule has 0 aliphatic rings. The second-order valence-electron chi connectivity index (χ2n) is 5.21. The van der Waals surface area contributed by atoms with E-state index in [-0.39, 0.29) is 12.6 Å². The first-order chi connectivity index (χ1) is 11.7. The van der Waals surface area contributed by atoms with Gasteiger partial charge in [0.2, 0.25) is 0 Å². The van der Waals surface area contributed by atoms with Gasteiger partial charge in [-0.15, -0.1) is 0 Å². The van der Waals surface area contributed by atoms with Crippen molar-refractivity contribution in [3.8, 4) is 11.3 Å². The minimum atomic E-state index is -0.316. The molecule has 0 amide bonds. The molecule has 0 aliphatic heterocycles. The molecule has 1 aromatic carbocycles. The number of carbonyl (C=O) groups excluding carboxylic acids is 1. The number of aliphatic hydroxyl groups is 1. The number of carbonyl (C=O) groups is 1. The molecule has 0 atom stereocenters. The Morgan fingerprint density at radius 1 is 1.08 bits per heavy atom. The van der Waals surface area contributed by atoms with Gasteiger partial charge in [-0.1, -0.05) is 12.1 Å². The first-order valence-electron chi connectivity index (χ1n) is 8.13. The average molecular weight is 332 g/mol. The largest absolute Gasteiger partial charge is 0.462 e. The molecule has 0 unspecified atom stereocenters. The monoisotopic (exact) mass is 332 g/mol. The SMILES string of the molecule is CCOC(=O)c1ccc(-c2ccc(CNCCNCCO)o2)cc1. The van der Waals surface area contributed by atoms with Gasteiger partial charge in [0.25, 0.3) is 0 Å². The van der Waals surface area contributed by atoms with E-state index >= 15 is 0 Å². The van der Waals surface area contributed by atoms with Crippen LogP contribution in [0.4, 0.5) is 0 Å². The maximum atomic E-state index is 11.6. The van der Waals surface area contributed by atoms with E-state index in [1.807, 2.05) is 24.3 Å².